The Hall–Kier alpha value is -2.02. The lowest BCUT2D eigenvalue weighted by Crippen LogP contribution is -2.25. The maximum atomic E-state index is 11.4. The second kappa shape index (κ2) is 28.0. The van der Waals surface area contributed by atoms with Gasteiger partial charge in [0.2, 0.25) is 0 Å². The number of hydrogen-bond donors (Lipinski definition) is 3. The van der Waals surface area contributed by atoms with Crippen LogP contribution in [-0.2, 0) is 14.3 Å². The first kappa shape index (κ1) is 33.2. The number of unbranched alkanes of at least 4 members (excludes halogenated alkanes) is 4. The van der Waals surface area contributed by atoms with E-state index in [1.165, 1.54) is 25.7 Å². The van der Waals surface area contributed by atoms with Crippen LogP contribution in [0.1, 0.15) is 78.1 Å². The lowest BCUT2D eigenvalue weighted by Gasteiger charge is -2.11. The van der Waals surface area contributed by atoms with E-state index in [9.17, 15) is 9.59 Å². The normalized spacial score (nSPS) is 12.7. The molecule has 3 N–H and O–H groups in total. The number of aldehydes is 1. The molecule has 0 rings (SSSR count). The molecule has 0 aliphatic carbocycles. The summed E-state index contributed by atoms with van der Waals surface area (Å²) in [6, 6.07) is 0.00463. The molecular formula is C27H47NO5. The van der Waals surface area contributed by atoms with Crippen LogP contribution in [0, 0.1) is 0 Å². The molecule has 33 heavy (non-hydrogen) atoms. The molecule has 0 radical (unpaired) electrons. The minimum Gasteiger partial charge on any atom is -0.457 e. The monoisotopic (exact) mass is 465 g/mol. The predicted octanol–water partition coefficient (Wildman–Crippen LogP) is 4.82. The van der Waals surface area contributed by atoms with Gasteiger partial charge in [-0.2, -0.15) is 0 Å². The van der Waals surface area contributed by atoms with Gasteiger partial charge in [-0.15, -0.1) is 0 Å². The summed E-state index contributed by atoms with van der Waals surface area (Å²) in [7, 11) is 1.75. The third-order valence-electron chi connectivity index (χ3n) is 4.57. The third kappa shape index (κ3) is 27.9. The SMILES string of the molecule is CCCCCC=CCC=CCC=CCC=CCCCC(=O)OC(CO)CO.CNC(C)C=O. The lowest BCUT2D eigenvalue weighted by atomic mass is 10.2. The number of nitrogens with one attached hydrogen (secondary N) is 1. The number of allylic oxidation sites excluding steroid dienone is 8. The van der Waals surface area contributed by atoms with Crippen molar-refractivity contribution >= 4 is 12.3 Å². The van der Waals surface area contributed by atoms with Gasteiger partial charge in [0, 0.05) is 6.42 Å². The number of aliphatic hydroxyl groups is 2. The van der Waals surface area contributed by atoms with Crippen molar-refractivity contribution in [1.82, 2.24) is 5.32 Å². The summed E-state index contributed by atoms with van der Waals surface area (Å²) in [5.74, 6) is -0.376. The van der Waals surface area contributed by atoms with E-state index in [-0.39, 0.29) is 25.2 Å². The van der Waals surface area contributed by atoms with Crippen LogP contribution in [0.3, 0.4) is 0 Å². The van der Waals surface area contributed by atoms with Crippen molar-refractivity contribution < 1.29 is 24.5 Å². The van der Waals surface area contributed by atoms with Crippen LogP contribution in [0.5, 0.6) is 0 Å². The van der Waals surface area contributed by atoms with E-state index >= 15 is 0 Å². The van der Waals surface area contributed by atoms with E-state index in [1.54, 1.807) is 14.0 Å². The molecule has 0 saturated heterocycles. The van der Waals surface area contributed by atoms with Crippen LogP contribution in [0.25, 0.3) is 0 Å². The van der Waals surface area contributed by atoms with Gasteiger partial charge in [0.05, 0.1) is 19.3 Å². The molecule has 6 nitrogen and oxygen atoms in total. The zero-order valence-corrected chi connectivity index (χ0v) is 21.0. The summed E-state index contributed by atoms with van der Waals surface area (Å²) in [4.78, 5) is 21.1. The zero-order chi connectivity index (χ0) is 25.0. The number of hydrogen-bond acceptors (Lipinski definition) is 6. The molecule has 0 spiro atoms. The zero-order valence-electron chi connectivity index (χ0n) is 21.0. The average Bonchev–Trinajstić information content (AvgIpc) is 2.84. The van der Waals surface area contributed by atoms with Crippen molar-refractivity contribution in [2.45, 2.75) is 90.2 Å². The molecule has 190 valence electrons. The van der Waals surface area contributed by atoms with Gasteiger partial charge in [-0.05, 0) is 58.9 Å². The Bertz CT molecular complexity index is 551. The summed E-state index contributed by atoms with van der Waals surface area (Å²) in [6.07, 6.45) is 27.2. The Morgan fingerprint density at radius 2 is 1.33 bits per heavy atom. The first-order valence-electron chi connectivity index (χ1n) is 12.2. The maximum absolute atomic E-state index is 11.4. The van der Waals surface area contributed by atoms with E-state index in [4.69, 9.17) is 14.9 Å². The van der Waals surface area contributed by atoms with Crippen LogP contribution < -0.4 is 5.32 Å². The van der Waals surface area contributed by atoms with E-state index in [1.807, 2.05) is 0 Å². The van der Waals surface area contributed by atoms with E-state index in [0.29, 0.717) is 12.8 Å². The van der Waals surface area contributed by atoms with Gasteiger partial charge < -0.3 is 25.1 Å². The number of rotatable bonds is 19. The number of esters is 1. The number of aliphatic hydroxyl groups excluding tert-OH is 2. The molecule has 0 saturated carbocycles. The fourth-order valence-corrected chi connectivity index (χ4v) is 2.37. The van der Waals surface area contributed by atoms with Crippen LogP contribution in [0.4, 0.5) is 0 Å². The molecule has 0 aromatic rings. The average molecular weight is 466 g/mol. The summed E-state index contributed by atoms with van der Waals surface area (Å²) in [6.45, 7) is 3.33. The Kier molecular flexibility index (Phi) is 28.1. The largest absolute Gasteiger partial charge is 0.457 e. The molecular weight excluding hydrogens is 418 g/mol. The van der Waals surface area contributed by atoms with Crippen LogP contribution in [-0.4, -0.2) is 54.9 Å². The summed E-state index contributed by atoms with van der Waals surface area (Å²) < 4.78 is 4.89. The quantitative estimate of drug-likeness (QED) is 0.110. The molecule has 0 aromatic heterocycles. The number of ether oxygens (including phenoxy) is 1. The highest BCUT2D eigenvalue weighted by Gasteiger charge is 2.11. The molecule has 0 aliphatic heterocycles. The standard InChI is InChI=1S/C23H38O4.C4H9NO/c1-2-3-4-5-6-7-8-9-10-11-12-13-14-15-16-17-18-19-23(26)27-22(20-24)21-25;1-4(3-6)5-2/h6-7,9-10,12-13,15-16,22,24-25H,2-5,8,11,14,17-21H2,1H3;3-5H,1-2H3. The molecule has 1 unspecified atom stereocenters. The van der Waals surface area contributed by atoms with Crippen molar-refractivity contribution in [2.24, 2.45) is 0 Å². The Balaban J connectivity index is 0. The van der Waals surface area contributed by atoms with Crippen molar-refractivity contribution in [3.05, 3.63) is 48.6 Å². The van der Waals surface area contributed by atoms with Gasteiger partial charge in [0.25, 0.3) is 0 Å². The molecule has 0 heterocycles. The molecule has 1 atom stereocenters. The predicted molar refractivity (Wildman–Crippen MR) is 137 cm³/mol. The minimum atomic E-state index is -0.797. The Labute approximate surface area is 201 Å². The molecule has 0 fully saturated rings. The highest BCUT2D eigenvalue weighted by atomic mass is 16.6. The van der Waals surface area contributed by atoms with Gasteiger partial charge >= 0.3 is 5.97 Å². The first-order chi connectivity index (χ1) is 16.0. The molecule has 6 heteroatoms. The number of carbonyl (C=O) groups excluding carboxylic acids is 2. The molecule has 0 aromatic carbocycles. The highest BCUT2D eigenvalue weighted by molar-refractivity contribution is 5.69. The van der Waals surface area contributed by atoms with E-state index in [2.05, 4.69) is 60.8 Å². The van der Waals surface area contributed by atoms with Crippen molar-refractivity contribution in [2.75, 3.05) is 20.3 Å². The van der Waals surface area contributed by atoms with E-state index in [0.717, 1.165) is 32.0 Å². The van der Waals surface area contributed by atoms with Gasteiger partial charge in [0.15, 0.2) is 0 Å². The first-order valence-corrected chi connectivity index (χ1v) is 12.2. The van der Waals surface area contributed by atoms with Crippen LogP contribution in [0.15, 0.2) is 48.6 Å². The second-order valence-corrected chi connectivity index (χ2v) is 7.67. The highest BCUT2D eigenvalue weighted by Crippen LogP contribution is 2.03. The molecule has 0 bridgehead atoms. The van der Waals surface area contributed by atoms with Gasteiger partial charge in [0.1, 0.15) is 12.4 Å². The third-order valence-corrected chi connectivity index (χ3v) is 4.57. The summed E-state index contributed by atoms with van der Waals surface area (Å²) in [5.41, 5.74) is 0. The Morgan fingerprint density at radius 1 is 0.848 bits per heavy atom. The van der Waals surface area contributed by atoms with Gasteiger partial charge in [-0.25, -0.2) is 0 Å². The maximum Gasteiger partial charge on any atom is 0.306 e. The van der Waals surface area contributed by atoms with Crippen LogP contribution >= 0.6 is 0 Å². The second-order valence-electron chi connectivity index (χ2n) is 7.67. The fraction of sp³-hybridized carbons (Fsp3) is 0.630. The summed E-state index contributed by atoms with van der Waals surface area (Å²) >= 11 is 0. The molecule has 0 amide bonds. The van der Waals surface area contributed by atoms with Gasteiger partial charge in [-0.3, -0.25) is 4.79 Å². The summed E-state index contributed by atoms with van der Waals surface area (Å²) in [5, 5.41) is 20.4. The minimum absolute atomic E-state index is 0.00463. The topological polar surface area (TPSA) is 95.9 Å². The van der Waals surface area contributed by atoms with Crippen LogP contribution in [0.2, 0.25) is 0 Å². The number of likely N-dealkylation sites (N-methyl/N-ethyl adjacent to an activating group) is 1. The fourth-order valence-electron chi connectivity index (χ4n) is 2.37. The smallest absolute Gasteiger partial charge is 0.306 e. The van der Waals surface area contributed by atoms with Gasteiger partial charge in [-0.1, -0.05) is 68.4 Å². The Morgan fingerprint density at radius 3 is 1.73 bits per heavy atom. The lowest BCUT2D eigenvalue weighted by molar-refractivity contribution is -0.153. The molecule has 0 aliphatic rings. The van der Waals surface area contributed by atoms with Crippen molar-refractivity contribution in [3.63, 3.8) is 0 Å². The number of carbonyl (C=O) groups is 2. The van der Waals surface area contributed by atoms with Crippen molar-refractivity contribution in [1.29, 1.82) is 0 Å². The van der Waals surface area contributed by atoms with Crippen molar-refractivity contribution in [3.8, 4) is 0 Å². The van der Waals surface area contributed by atoms with E-state index < -0.39 is 6.10 Å².